The van der Waals surface area contributed by atoms with Crippen LogP contribution in [-0.2, 0) is 0 Å². The van der Waals surface area contributed by atoms with Gasteiger partial charge in [0.2, 0.25) is 0 Å². The van der Waals surface area contributed by atoms with Crippen molar-refractivity contribution in [3.05, 3.63) is 22.2 Å². The fourth-order valence-corrected chi connectivity index (χ4v) is 1.83. The Hall–Kier alpha value is -1.36. The number of hydrogen-bond acceptors (Lipinski definition) is 4. The summed E-state index contributed by atoms with van der Waals surface area (Å²) in [4.78, 5) is 21.2. The highest BCUT2D eigenvalue weighted by atomic mass is 16.1. The monoisotopic (exact) mass is 266 g/mol. The van der Waals surface area contributed by atoms with Gasteiger partial charge in [-0.25, -0.2) is 4.98 Å². The highest BCUT2D eigenvalue weighted by Gasteiger charge is 2.21. The van der Waals surface area contributed by atoms with Crippen LogP contribution in [0.15, 0.2) is 10.9 Å². The molecule has 5 nitrogen and oxygen atoms in total. The van der Waals surface area contributed by atoms with Gasteiger partial charge >= 0.3 is 0 Å². The number of nitrogens with two attached hydrogens (primary N) is 1. The highest BCUT2D eigenvalue weighted by Crippen LogP contribution is 2.19. The lowest BCUT2D eigenvalue weighted by atomic mass is 9.93. The van der Waals surface area contributed by atoms with E-state index in [4.69, 9.17) is 5.73 Å². The zero-order valence-electron chi connectivity index (χ0n) is 12.7. The first-order chi connectivity index (χ1) is 8.79. The topological polar surface area (TPSA) is 75.0 Å². The molecule has 0 bridgehead atoms. The number of aromatic nitrogens is 2. The van der Waals surface area contributed by atoms with Gasteiger partial charge in [-0.3, -0.25) is 4.79 Å². The van der Waals surface area contributed by atoms with E-state index in [9.17, 15) is 4.79 Å². The molecule has 1 heterocycles. The van der Waals surface area contributed by atoms with E-state index in [1.54, 1.807) is 6.07 Å². The van der Waals surface area contributed by atoms with E-state index in [2.05, 4.69) is 35.6 Å². The van der Waals surface area contributed by atoms with Crippen LogP contribution in [0.4, 0.5) is 5.82 Å². The van der Waals surface area contributed by atoms with Crippen LogP contribution in [0.1, 0.15) is 46.4 Å². The van der Waals surface area contributed by atoms with Crippen molar-refractivity contribution >= 4 is 5.82 Å². The maximum Gasteiger partial charge on any atom is 0.252 e. The summed E-state index contributed by atoms with van der Waals surface area (Å²) >= 11 is 0. The Morgan fingerprint density at radius 3 is 2.58 bits per heavy atom. The van der Waals surface area contributed by atoms with Crippen LogP contribution < -0.4 is 16.2 Å². The number of hydrogen-bond donors (Lipinski definition) is 2. The zero-order chi connectivity index (χ0) is 14.6. The van der Waals surface area contributed by atoms with Gasteiger partial charge in [-0.15, -0.1) is 0 Å². The van der Waals surface area contributed by atoms with Gasteiger partial charge in [0.15, 0.2) is 0 Å². The van der Waals surface area contributed by atoms with Gasteiger partial charge in [0, 0.05) is 25.1 Å². The maximum atomic E-state index is 11.7. The van der Waals surface area contributed by atoms with Crippen LogP contribution in [-0.4, -0.2) is 29.6 Å². The number of aromatic amines is 1. The third-order valence-corrected chi connectivity index (χ3v) is 3.17. The van der Waals surface area contributed by atoms with Crippen molar-refractivity contribution in [3.63, 3.8) is 0 Å². The number of rotatable bonds is 6. The second-order valence-electron chi connectivity index (χ2n) is 6.03. The zero-order valence-corrected chi connectivity index (χ0v) is 12.7. The minimum atomic E-state index is -0.0993. The third-order valence-electron chi connectivity index (χ3n) is 3.17. The molecule has 0 spiro atoms. The molecule has 0 aromatic carbocycles. The molecule has 0 amide bonds. The lowest BCUT2D eigenvalue weighted by Gasteiger charge is -2.32. The van der Waals surface area contributed by atoms with Crippen molar-refractivity contribution in [1.29, 1.82) is 0 Å². The van der Waals surface area contributed by atoms with Crippen molar-refractivity contribution < 1.29 is 0 Å². The van der Waals surface area contributed by atoms with E-state index in [0.29, 0.717) is 6.54 Å². The van der Waals surface area contributed by atoms with Crippen LogP contribution in [0.25, 0.3) is 0 Å². The Balaban J connectivity index is 3.08. The van der Waals surface area contributed by atoms with Gasteiger partial charge in [-0.2, -0.15) is 0 Å². The predicted molar refractivity (Wildman–Crippen MR) is 79.7 cm³/mol. The van der Waals surface area contributed by atoms with E-state index in [1.165, 1.54) is 0 Å². The van der Waals surface area contributed by atoms with Crippen molar-refractivity contribution in [1.82, 2.24) is 9.97 Å². The molecule has 0 aliphatic rings. The molecule has 1 aromatic heterocycles. The SMILES string of the molecule is CCN(CC(C)(C)CN)c1cc(=O)[nH]c(C(C)C)n1. The van der Waals surface area contributed by atoms with Crippen molar-refractivity contribution in [2.45, 2.75) is 40.5 Å². The van der Waals surface area contributed by atoms with E-state index < -0.39 is 0 Å². The van der Waals surface area contributed by atoms with Gasteiger partial charge in [-0.05, 0) is 18.9 Å². The van der Waals surface area contributed by atoms with Crippen LogP contribution in [0, 0.1) is 5.41 Å². The average Bonchev–Trinajstić information content (AvgIpc) is 2.35. The molecule has 1 aromatic rings. The second-order valence-corrected chi connectivity index (χ2v) is 6.03. The Labute approximate surface area is 115 Å². The molecule has 0 atom stereocenters. The van der Waals surface area contributed by atoms with Crippen molar-refractivity contribution in [2.24, 2.45) is 11.1 Å². The van der Waals surface area contributed by atoms with Crippen LogP contribution in [0.2, 0.25) is 0 Å². The molecule has 0 aliphatic carbocycles. The fourth-order valence-electron chi connectivity index (χ4n) is 1.83. The summed E-state index contributed by atoms with van der Waals surface area (Å²) in [7, 11) is 0. The van der Waals surface area contributed by atoms with Gasteiger partial charge < -0.3 is 15.6 Å². The molecule has 19 heavy (non-hydrogen) atoms. The molecular weight excluding hydrogens is 240 g/mol. The summed E-state index contributed by atoms with van der Waals surface area (Å²) in [6.07, 6.45) is 0. The van der Waals surface area contributed by atoms with Crippen LogP contribution >= 0.6 is 0 Å². The number of H-pyrrole nitrogens is 1. The summed E-state index contributed by atoms with van der Waals surface area (Å²) in [6.45, 7) is 12.5. The van der Waals surface area contributed by atoms with E-state index in [0.717, 1.165) is 24.7 Å². The summed E-state index contributed by atoms with van der Waals surface area (Å²) in [5.41, 5.74) is 5.68. The van der Waals surface area contributed by atoms with E-state index in [1.807, 2.05) is 13.8 Å². The first-order valence-electron chi connectivity index (χ1n) is 6.85. The normalized spacial score (nSPS) is 11.9. The standard InChI is InChI=1S/C14H26N4O/c1-6-18(9-14(4,5)8-15)11-7-12(19)17-13(16-11)10(2)3/h7,10H,6,8-9,15H2,1-5H3,(H,16,17,19). The van der Waals surface area contributed by atoms with Crippen molar-refractivity contribution in [3.8, 4) is 0 Å². The van der Waals surface area contributed by atoms with E-state index in [-0.39, 0.29) is 16.9 Å². The minimum Gasteiger partial charge on any atom is -0.356 e. The number of nitrogens with zero attached hydrogens (tertiary/aromatic N) is 2. The van der Waals surface area contributed by atoms with Crippen LogP contribution in [0.5, 0.6) is 0 Å². The number of anilines is 1. The predicted octanol–water partition coefficient (Wildman–Crippen LogP) is 1.70. The Morgan fingerprint density at radius 2 is 2.11 bits per heavy atom. The molecule has 0 unspecified atom stereocenters. The largest absolute Gasteiger partial charge is 0.356 e. The molecule has 0 radical (unpaired) electrons. The Morgan fingerprint density at radius 1 is 1.47 bits per heavy atom. The van der Waals surface area contributed by atoms with Crippen molar-refractivity contribution in [2.75, 3.05) is 24.5 Å². The third kappa shape index (κ3) is 4.35. The van der Waals surface area contributed by atoms with Gasteiger partial charge in [0.1, 0.15) is 11.6 Å². The molecule has 5 heteroatoms. The van der Waals surface area contributed by atoms with Gasteiger partial charge in [0.05, 0.1) is 0 Å². The first kappa shape index (κ1) is 15.7. The molecule has 3 N–H and O–H groups in total. The average molecular weight is 266 g/mol. The van der Waals surface area contributed by atoms with E-state index >= 15 is 0 Å². The Kier molecular flexibility index (Phi) is 5.11. The minimum absolute atomic E-state index is 0.00170. The number of nitrogens with one attached hydrogen (secondary N) is 1. The molecule has 0 saturated carbocycles. The molecule has 108 valence electrons. The summed E-state index contributed by atoms with van der Waals surface area (Å²) < 4.78 is 0. The van der Waals surface area contributed by atoms with Crippen LogP contribution in [0.3, 0.4) is 0 Å². The summed E-state index contributed by atoms with van der Waals surface area (Å²) in [5.74, 6) is 1.66. The summed E-state index contributed by atoms with van der Waals surface area (Å²) in [6, 6.07) is 1.56. The maximum absolute atomic E-state index is 11.7. The molecule has 0 fully saturated rings. The smallest absolute Gasteiger partial charge is 0.252 e. The fraction of sp³-hybridized carbons (Fsp3) is 0.714. The van der Waals surface area contributed by atoms with Gasteiger partial charge in [0.25, 0.3) is 5.56 Å². The Bertz CT molecular complexity index is 465. The lowest BCUT2D eigenvalue weighted by molar-refractivity contribution is 0.378. The molecular formula is C14H26N4O. The summed E-state index contributed by atoms with van der Waals surface area (Å²) in [5, 5.41) is 0. The first-order valence-corrected chi connectivity index (χ1v) is 6.85. The molecule has 0 aliphatic heterocycles. The molecule has 1 rings (SSSR count). The molecule has 0 saturated heterocycles. The lowest BCUT2D eigenvalue weighted by Crippen LogP contribution is -2.39. The quantitative estimate of drug-likeness (QED) is 0.822. The second kappa shape index (κ2) is 6.19. The van der Waals surface area contributed by atoms with Gasteiger partial charge in [-0.1, -0.05) is 27.7 Å². The highest BCUT2D eigenvalue weighted by molar-refractivity contribution is 5.38.